The van der Waals surface area contributed by atoms with Crippen LogP contribution in [0.25, 0.3) is 11.1 Å². The summed E-state index contributed by atoms with van der Waals surface area (Å²) in [5, 5.41) is 0.453. The highest BCUT2D eigenvalue weighted by atomic mass is 35.5. The summed E-state index contributed by atoms with van der Waals surface area (Å²) in [5.41, 5.74) is 3.63. The van der Waals surface area contributed by atoms with Gasteiger partial charge in [-0.1, -0.05) is 48.0 Å². The minimum absolute atomic E-state index is 0.127. The second-order valence-electron chi connectivity index (χ2n) is 9.74. The first kappa shape index (κ1) is 24.9. The van der Waals surface area contributed by atoms with Gasteiger partial charge in [0.2, 0.25) is 0 Å². The molecule has 0 aliphatic heterocycles. The van der Waals surface area contributed by atoms with Crippen molar-refractivity contribution in [3.8, 4) is 16.9 Å². The molecule has 2 saturated carbocycles. The Labute approximate surface area is 227 Å². The molecule has 0 spiro atoms. The van der Waals surface area contributed by atoms with E-state index in [0.717, 1.165) is 48.1 Å². The molecule has 1 N–H and O–H groups in total. The smallest absolute Gasteiger partial charge is 0.261 e. The van der Waals surface area contributed by atoms with E-state index in [4.69, 9.17) is 21.1 Å². The van der Waals surface area contributed by atoms with Crippen molar-refractivity contribution in [2.75, 3.05) is 4.72 Å². The number of ether oxygens (including phenoxy) is 2. The maximum absolute atomic E-state index is 13.0. The van der Waals surface area contributed by atoms with Gasteiger partial charge in [-0.05, 0) is 79.3 Å². The molecule has 0 bridgehead atoms. The van der Waals surface area contributed by atoms with Crippen LogP contribution in [0.2, 0.25) is 5.02 Å². The summed E-state index contributed by atoms with van der Waals surface area (Å²) < 4.78 is 41.3. The van der Waals surface area contributed by atoms with E-state index >= 15 is 0 Å². The topological polar surface area (TPSA) is 77.5 Å². The maximum atomic E-state index is 13.0. The van der Waals surface area contributed by atoms with E-state index in [1.165, 1.54) is 6.07 Å². The summed E-state index contributed by atoms with van der Waals surface area (Å²) in [7, 11) is -3.78. The molecular formula is C30H27ClN2O4S. The molecule has 0 amide bonds. The van der Waals surface area contributed by atoms with Gasteiger partial charge in [-0.25, -0.2) is 8.42 Å². The molecule has 0 radical (unpaired) electrons. The number of pyridine rings is 1. The fraction of sp³-hybridized carbons (Fsp3) is 0.233. The maximum Gasteiger partial charge on any atom is 0.261 e. The van der Waals surface area contributed by atoms with Gasteiger partial charge in [-0.3, -0.25) is 9.71 Å². The third-order valence-corrected chi connectivity index (χ3v) is 8.62. The summed E-state index contributed by atoms with van der Waals surface area (Å²) in [5.74, 6) is 0.866. The van der Waals surface area contributed by atoms with Crippen LogP contribution >= 0.6 is 11.6 Å². The number of aromatic nitrogens is 1. The van der Waals surface area contributed by atoms with E-state index in [0.29, 0.717) is 16.3 Å². The molecule has 6 nitrogen and oxygen atoms in total. The van der Waals surface area contributed by atoms with E-state index in [-0.39, 0.29) is 17.6 Å². The Bertz CT molecular complexity index is 1570. The molecule has 194 valence electrons. The molecule has 1 aromatic heterocycles. The number of benzene rings is 3. The van der Waals surface area contributed by atoms with Crippen LogP contribution < -0.4 is 9.46 Å². The Kier molecular flexibility index (Phi) is 6.60. The average Bonchev–Trinajstić information content (AvgIpc) is 3.86. The number of anilines is 1. The number of sulfonamides is 1. The Hall–Kier alpha value is -3.39. The first-order valence-corrected chi connectivity index (χ1v) is 14.5. The first-order valence-electron chi connectivity index (χ1n) is 12.6. The average molecular weight is 547 g/mol. The number of hydrogen-bond acceptors (Lipinski definition) is 5. The number of hydrogen-bond donors (Lipinski definition) is 1. The molecule has 38 heavy (non-hydrogen) atoms. The van der Waals surface area contributed by atoms with Crippen molar-refractivity contribution >= 4 is 27.3 Å². The lowest BCUT2D eigenvalue weighted by Gasteiger charge is -2.22. The number of rotatable bonds is 10. The number of para-hydroxylation sites is 2. The van der Waals surface area contributed by atoms with Gasteiger partial charge >= 0.3 is 0 Å². The zero-order valence-corrected chi connectivity index (χ0v) is 22.2. The third kappa shape index (κ3) is 5.27. The van der Waals surface area contributed by atoms with Crippen LogP contribution in [0.5, 0.6) is 5.75 Å². The van der Waals surface area contributed by atoms with Gasteiger partial charge in [-0.2, -0.15) is 0 Å². The summed E-state index contributed by atoms with van der Waals surface area (Å²) in [6.45, 7) is 0.169. The molecular weight excluding hydrogens is 520 g/mol. The normalized spacial score (nSPS) is 16.1. The third-order valence-electron chi connectivity index (χ3n) is 6.87. The molecule has 3 aromatic carbocycles. The van der Waals surface area contributed by atoms with E-state index in [9.17, 15) is 8.42 Å². The van der Waals surface area contributed by atoms with Crippen molar-refractivity contribution in [1.82, 2.24) is 4.98 Å². The lowest BCUT2D eigenvalue weighted by Crippen LogP contribution is -2.15. The molecule has 2 aliphatic carbocycles. The van der Waals surface area contributed by atoms with Crippen LogP contribution in [-0.2, 0) is 27.0 Å². The molecule has 0 saturated heterocycles. The van der Waals surface area contributed by atoms with Gasteiger partial charge in [0.25, 0.3) is 10.0 Å². The van der Waals surface area contributed by atoms with Crippen molar-refractivity contribution in [3.63, 3.8) is 0 Å². The molecule has 1 heterocycles. The number of nitrogens with zero attached hydrogens (tertiary/aromatic N) is 1. The van der Waals surface area contributed by atoms with Crippen molar-refractivity contribution in [3.05, 3.63) is 107 Å². The summed E-state index contributed by atoms with van der Waals surface area (Å²) in [4.78, 5) is 4.53. The van der Waals surface area contributed by atoms with Crippen LogP contribution in [0.3, 0.4) is 0 Å². The molecule has 2 aliphatic rings. The van der Waals surface area contributed by atoms with Gasteiger partial charge in [-0.15, -0.1) is 0 Å². The second-order valence-corrected chi connectivity index (χ2v) is 11.8. The lowest BCUT2D eigenvalue weighted by atomic mass is 9.96. The first-order chi connectivity index (χ1) is 18.4. The van der Waals surface area contributed by atoms with Crippen LogP contribution in [0.15, 0.2) is 96.2 Å². The Morgan fingerprint density at radius 1 is 0.947 bits per heavy atom. The summed E-state index contributed by atoms with van der Waals surface area (Å²) in [6, 6.07) is 23.5. The molecule has 4 aromatic rings. The molecule has 8 heteroatoms. The number of halogens is 1. The molecule has 2 fully saturated rings. The van der Waals surface area contributed by atoms with Crippen LogP contribution in [0.4, 0.5) is 5.69 Å². The van der Waals surface area contributed by atoms with E-state index < -0.39 is 15.6 Å². The fourth-order valence-corrected chi connectivity index (χ4v) is 5.80. The zero-order chi connectivity index (χ0) is 26.2. The van der Waals surface area contributed by atoms with E-state index in [1.54, 1.807) is 42.6 Å². The summed E-state index contributed by atoms with van der Waals surface area (Å²) >= 11 is 6.48. The van der Waals surface area contributed by atoms with Crippen molar-refractivity contribution in [1.29, 1.82) is 0 Å². The van der Waals surface area contributed by atoms with E-state index in [2.05, 4.69) is 15.8 Å². The molecule has 0 unspecified atom stereocenters. The van der Waals surface area contributed by atoms with Crippen LogP contribution in [0.1, 0.15) is 36.8 Å². The fourth-order valence-electron chi connectivity index (χ4n) is 4.52. The molecule has 6 rings (SSSR count). The lowest BCUT2D eigenvalue weighted by molar-refractivity contribution is 0.0173. The van der Waals surface area contributed by atoms with E-state index in [1.807, 2.05) is 36.5 Å². The highest BCUT2D eigenvalue weighted by Crippen LogP contribution is 2.53. The highest BCUT2D eigenvalue weighted by molar-refractivity contribution is 7.92. The standard InChI is InChI=1S/C30H27ClN2O4S/c31-28-13-12-24(38(34,35)33-22-6-2-1-3-7-22)18-21(28)20-36-30(15-16-30)27-19-32-17-14-25(27)26-8-4-5-9-29(26)37-23-10-11-23/h1-9,12-14,17-19,23,33H,10-11,15-16,20H2. The Morgan fingerprint density at radius 2 is 1.71 bits per heavy atom. The quantitative estimate of drug-likeness (QED) is 0.233. The van der Waals surface area contributed by atoms with Crippen molar-refractivity contribution < 1.29 is 17.9 Å². The second kappa shape index (κ2) is 10.1. The largest absolute Gasteiger partial charge is 0.490 e. The predicted octanol–water partition coefficient (Wildman–Crippen LogP) is 6.95. The predicted molar refractivity (Wildman–Crippen MR) is 148 cm³/mol. The van der Waals surface area contributed by atoms with Gasteiger partial charge in [0, 0.05) is 34.2 Å². The summed E-state index contributed by atoms with van der Waals surface area (Å²) in [6.07, 6.45) is 7.78. The minimum Gasteiger partial charge on any atom is -0.490 e. The minimum atomic E-state index is -3.78. The Balaban J connectivity index is 1.25. The van der Waals surface area contributed by atoms with Crippen LogP contribution in [-0.4, -0.2) is 19.5 Å². The van der Waals surface area contributed by atoms with Gasteiger partial charge < -0.3 is 9.47 Å². The van der Waals surface area contributed by atoms with Crippen molar-refractivity contribution in [2.45, 2.75) is 48.9 Å². The highest BCUT2D eigenvalue weighted by Gasteiger charge is 2.47. The number of nitrogens with one attached hydrogen (secondary N) is 1. The SMILES string of the molecule is O=S(=O)(Nc1ccccc1)c1ccc(Cl)c(COC2(c3cnccc3-c3ccccc3OC3CC3)CC2)c1. The van der Waals surface area contributed by atoms with Gasteiger partial charge in [0.05, 0.1) is 23.2 Å². The van der Waals surface area contributed by atoms with Gasteiger partial charge in [0.15, 0.2) is 0 Å². The monoisotopic (exact) mass is 546 g/mol. The molecule has 0 atom stereocenters. The zero-order valence-electron chi connectivity index (χ0n) is 20.6. The van der Waals surface area contributed by atoms with Crippen molar-refractivity contribution in [2.24, 2.45) is 0 Å². The van der Waals surface area contributed by atoms with Crippen LogP contribution in [0, 0.1) is 0 Å². The Morgan fingerprint density at radius 3 is 2.47 bits per heavy atom. The van der Waals surface area contributed by atoms with Gasteiger partial charge in [0.1, 0.15) is 5.75 Å².